The van der Waals surface area contributed by atoms with Crippen LogP contribution in [0.5, 0.6) is 0 Å². The molecule has 0 spiro atoms. The molecule has 0 unspecified atom stereocenters. The number of hydrogen-bond acceptors (Lipinski definition) is 4. The summed E-state index contributed by atoms with van der Waals surface area (Å²) < 4.78 is 12.6. The summed E-state index contributed by atoms with van der Waals surface area (Å²) in [7, 11) is -0.326. The molecule has 0 atom stereocenters. The van der Waals surface area contributed by atoms with Crippen LogP contribution >= 0.6 is 7.82 Å². The third kappa shape index (κ3) is 43.2. The van der Waals surface area contributed by atoms with Gasteiger partial charge < -0.3 is 30.3 Å². The Hall–Kier alpha value is 0.0300. The highest BCUT2D eigenvalue weighted by Gasteiger charge is 1.75. The Morgan fingerprint density at radius 1 is 1.20 bits per heavy atom. The van der Waals surface area contributed by atoms with Crippen LogP contribution in [0.2, 0.25) is 0 Å². The zero-order chi connectivity index (χ0) is 9.21. The van der Waals surface area contributed by atoms with Crippen molar-refractivity contribution in [2.75, 3.05) is 21.2 Å². The maximum atomic E-state index is 9.25. The van der Waals surface area contributed by atoms with Crippen molar-refractivity contribution in [1.29, 1.82) is 0 Å². The molecule has 0 aliphatic heterocycles. The molecule has 0 heterocycles. The molecule has 66 valence electrons. The van der Waals surface area contributed by atoms with Gasteiger partial charge in [-0.05, 0) is 0 Å². The van der Waals surface area contributed by atoms with E-state index in [-0.39, 0.29) is 0 Å². The summed E-state index contributed by atoms with van der Waals surface area (Å²) in [4.78, 5) is 18.5. The molecule has 0 saturated carbocycles. The van der Waals surface area contributed by atoms with Crippen molar-refractivity contribution in [2.24, 2.45) is 0 Å². The smallest absolute Gasteiger partial charge is 0.0634 e. The van der Waals surface area contributed by atoms with Gasteiger partial charge in [0.05, 0.1) is 21.9 Å². The third-order valence-electron chi connectivity index (χ3n) is 0.224. The second kappa shape index (κ2) is 11.8. The molecule has 6 nitrogen and oxygen atoms in total. The minimum Gasteiger partial charge on any atom is -0.790 e. The van der Waals surface area contributed by atoms with Gasteiger partial charge in [-0.1, -0.05) is 0 Å². The van der Waals surface area contributed by atoms with Gasteiger partial charge >= 0.3 is 0 Å². The van der Waals surface area contributed by atoms with Crippen LogP contribution in [0.4, 0.5) is 0 Å². The van der Waals surface area contributed by atoms with Gasteiger partial charge in [-0.25, -0.2) is 0 Å². The van der Waals surface area contributed by atoms with Gasteiger partial charge in [0.2, 0.25) is 0 Å². The first kappa shape index (κ1) is 16.5. The van der Waals surface area contributed by atoms with Crippen molar-refractivity contribution in [3.8, 4) is 0 Å². The monoisotopic (exact) mass is 174 g/mol. The molecule has 0 aromatic heterocycles. The molecular weight excluding hydrogens is 159 g/mol. The van der Waals surface area contributed by atoms with E-state index in [1.165, 1.54) is 0 Å². The van der Waals surface area contributed by atoms with Gasteiger partial charge in [-0.15, -0.1) is 0 Å². The van der Waals surface area contributed by atoms with Crippen LogP contribution in [-0.2, 0) is 9.09 Å². The van der Waals surface area contributed by atoms with Crippen molar-refractivity contribution in [3.05, 3.63) is 0 Å². The van der Waals surface area contributed by atoms with E-state index in [4.69, 9.17) is 0 Å². The van der Waals surface area contributed by atoms with Gasteiger partial charge in [0, 0.05) is 7.11 Å². The van der Waals surface area contributed by atoms with E-state index in [9.17, 15) is 14.4 Å². The average molecular weight is 174 g/mol. The van der Waals surface area contributed by atoms with E-state index in [1.807, 2.05) is 0 Å². The first-order chi connectivity index (χ1) is 4.56. The topological polar surface area (TPSA) is 128 Å². The van der Waals surface area contributed by atoms with Crippen LogP contribution < -0.4 is 21.3 Å². The van der Waals surface area contributed by atoms with Gasteiger partial charge in [0.1, 0.15) is 0 Å². The van der Waals surface area contributed by atoms with E-state index in [0.29, 0.717) is 0 Å². The van der Waals surface area contributed by atoms with Crippen LogP contribution in [0, 0.1) is 0 Å². The van der Waals surface area contributed by atoms with Crippen LogP contribution in [0.25, 0.3) is 0 Å². The molecule has 6 N–H and O–H groups in total. The minimum atomic E-state index is -4.65. The van der Waals surface area contributed by atoms with Crippen LogP contribution in [0.3, 0.4) is 0 Å². The molecule has 7 heteroatoms. The maximum absolute atomic E-state index is 9.25. The molecule has 0 aliphatic rings. The summed E-state index contributed by atoms with van der Waals surface area (Å²) in [5.74, 6) is 0. The van der Waals surface area contributed by atoms with Crippen molar-refractivity contribution in [3.63, 3.8) is 0 Å². The summed E-state index contributed by atoms with van der Waals surface area (Å²) in [6.45, 7) is 0. The lowest BCUT2D eigenvalue weighted by Gasteiger charge is -2.25. The number of hydrogen-bond donors (Lipinski definition) is 2. The largest absolute Gasteiger partial charge is 0.790 e. The van der Waals surface area contributed by atoms with Gasteiger partial charge in [0.25, 0.3) is 0 Å². The molecule has 0 aromatic carbocycles. The summed E-state index contributed by atoms with van der Waals surface area (Å²) in [6, 6.07) is 0. The molecule has 0 aromatic rings. The van der Waals surface area contributed by atoms with Crippen LogP contribution in [0.1, 0.15) is 0 Å². The van der Waals surface area contributed by atoms with Gasteiger partial charge in [-0.2, -0.15) is 0 Å². The standard InChI is InChI=1S/2CH5N.CH5O4P/c2*1-2;1-5-6(2,3)4/h2*2H2,1H3;1H3,(H2,2,3,4). The third-order valence-corrected chi connectivity index (χ3v) is 0.671. The average Bonchev–Trinajstić information content (AvgIpc) is 1.95. The Morgan fingerprint density at radius 3 is 1.30 bits per heavy atom. The fourth-order valence-corrected chi connectivity index (χ4v) is 0. The first-order valence-electron chi connectivity index (χ1n) is 2.55. The summed E-state index contributed by atoms with van der Waals surface area (Å²) in [5.41, 5.74) is 6.50. The highest BCUT2D eigenvalue weighted by atomic mass is 31.2. The van der Waals surface area contributed by atoms with Crippen molar-refractivity contribution < 1.29 is 30.3 Å². The zero-order valence-corrected chi connectivity index (χ0v) is 7.39. The Kier molecular flexibility index (Phi) is 19.5. The lowest BCUT2D eigenvalue weighted by molar-refractivity contribution is -0.339. The number of rotatable bonds is 1. The number of quaternary nitrogens is 2. The highest BCUT2D eigenvalue weighted by Crippen LogP contribution is 2.21. The second-order valence-electron chi connectivity index (χ2n) is 0.630. The molecule has 0 radical (unpaired) electrons. The van der Waals surface area contributed by atoms with Crippen LogP contribution in [-0.4, -0.2) is 21.2 Å². The maximum Gasteiger partial charge on any atom is 0.0634 e. The predicted octanol–water partition coefficient (Wildman–Crippen LogP) is -3.82. The SMILES string of the molecule is COP(=O)([O-])[O-].C[NH3+].C[NH3+]. The Morgan fingerprint density at radius 2 is 1.30 bits per heavy atom. The van der Waals surface area contributed by atoms with Crippen molar-refractivity contribution in [2.45, 2.75) is 0 Å². The van der Waals surface area contributed by atoms with Crippen LogP contribution in [0.15, 0.2) is 0 Å². The quantitative estimate of drug-likeness (QED) is 0.394. The van der Waals surface area contributed by atoms with E-state index in [0.717, 1.165) is 7.11 Å². The molecule has 0 aliphatic carbocycles. The molecule has 0 rings (SSSR count). The molecular formula is C3H15N2O4P. The summed E-state index contributed by atoms with van der Waals surface area (Å²) >= 11 is 0. The number of phosphoric ester groups is 1. The molecule has 0 amide bonds. The Balaban J connectivity index is -0.000000105. The fraction of sp³-hybridized carbons (Fsp3) is 1.00. The zero-order valence-electron chi connectivity index (χ0n) is 6.49. The van der Waals surface area contributed by atoms with E-state index in [1.54, 1.807) is 14.1 Å². The Labute approximate surface area is 60.4 Å². The van der Waals surface area contributed by atoms with E-state index in [2.05, 4.69) is 16.0 Å². The first-order valence-corrected chi connectivity index (χ1v) is 4.01. The molecule has 0 fully saturated rings. The minimum absolute atomic E-state index is 0.820. The van der Waals surface area contributed by atoms with Gasteiger partial charge in [0.15, 0.2) is 0 Å². The second-order valence-corrected chi connectivity index (χ2v) is 1.89. The highest BCUT2D eigenvalue weighted by molar-refractivity contribution is 7.43. The normalized spacial score (nSPS) is 8.30. The van der Waals surface area contributed by atoms with Gasteiger partial charge in [-0.3, -0.25) is 0 Å². The summed E-state index contributed by atoms with van der Waals surface area (Å²) in [6.07, 6.45) is 0. The Bertz CT molecular complexity index is 82.6. The lowest BCUT2D eigenvalue weighted by Crippen LogP contribution is -2.40. The molecule has 0 bridgehead atoms. The predicted molar refractivity (Wildman–Crippen MR) is 32.2 cm³/mol. The lowest BCUT2D eigenvalue weighted by atomic mass is 11.6. The van der Waals surface area contributed by atoms with E-state index < -0.39 is 7.82 Å². The van der Waals surface area contributed by atoms with E-state index >= 15 is 0 Å². The van der Waals surface area contributed by atoms with Crippen molar-refractivity contribution >= 4 is 7.82 Å². The summed E-state index contributed by atoms with van der Waals surface area (Å²) in [5, 5.41) is 0. The fourth-order valence-electron chi connectivity index (χ4n) is 0. The van der Waals surface area contributed by atoms with Crippen molar-refractivity contribution in [1.82, 2.24) is 0 Å². The molecule has 10 heavy (non-hydrogen) atoms. The number of phosphoric acid groups is 1. The molecule has 0 saturated heterocycles.